The van der Waals surface area contributed by atoms with E-state index in [1.54, 1.807) is 9.58 Å². The number of hydrogen-bond acceptors (Lipinski definition) is 8. The molecule has 8 nitrogen and oxygen atoms in total. The molecule has 158 valence electrons. The molecule has 2 aromatic heterocycles. The number of carbonyl (C=O) groups is 1. The van der Waals surface area contributed by atoms with Gasteiger partial charge in [0.2, 0.25) is 11.1 Å². The molecule has 2 aromatic carbocycles. The van der Waals surface area contributed by atoms with Crippen LogP contribution < -0.4 is 9.64 Å². The molecule has 2 heterocycles. The summed E-state index contributed by atoms with van der Waals surface area (Å²) in [5.41, 5.74) is 2.42. The molecule has 31 heavy (non-hydrogen) atoms. The van der Waals surface area contributed by atoms with Crippen LogP contribution in [-0.2, 0) is 10.5 Å². The van der Waals surface area contributed by atoms with Crippen molar-refractivity contribution < 1.29 is 9.53 Å². The second-order valence-electron chi connectivity index (χ2n) is 6.37. The van der Waals surface area contributed by atoms with Crippen LogP contribution in [0.3, 0.4) is 0 Å². The first kappa shape index (κ1) is 21.0. The van der Waals surface area contributed by atoms with E-state index in [9.17, 15) is 4.79 Å². The van der Waals surface area contributed by atoms with Crippen LogP contribution in [0.1, 0.15) is 19.5 Å². The number of ether oxygens (including phenoxy) is 1. The number of benzene rings is 2. The van der Waals surface area contributed by atoms with Crippen LogP contribution >= 0.6 is 23.1 Å². The van der Waals surface area contributed by atoms with E-state index in [2.05, 4.69) is 20.5 Å². The van der Waals surface area contributed by atoms with Gasteiger partial charge in [-0.25, -0.2) is 4.98 Å². The largest absolute Gasteiger partial charge is 0.492 e. The number of thiazole rings is 1. The van der Waals surface area contributed by atoms with Gasteiger partial charge in [0.25, 0.3) is 0 Å². The molecule has 0 saturated carbocycles. The van der Waals surface area contributed by atoms with Crippen molar-refractivity contribution in [3.63, 3.8) is 0 Å². The van der Waals surface area contributed by atoms with Gasteiger partial charge in [0.1, 0.15) is 11.4 Å². The monoisotopic (exact) mass is 452 g/mol. The number of thioether (sulfide) groups is 1. The average Bonchev–Trinajstić information content (AvgIpc) is 3.43. The molecule has 0 spiro atoms. The van der Waals surface area contributed by atoms with Crippen molar-refractivity contribution in [2.75, 3.05) is 11.5 Å². The lowest BCUT2D eigenvalue weighted by Gasteiger charge is -2.17. The molecule has 0 aliphatic carbocycles. The SMILES string of the molecule is CCOc1ccccc1-n1nnnc1SCc1csc(N(C(C)=O)c2ccccc2)n1. The quantitative estimate of drug-likeness (QED) is 0.364. The lowest BCUT2D eigenvalue weighted by Crippen LogP contribution is -2.22. The fourth-order valence-corrected chi connectivity index (χ4v) is 4.71. The van der Waals surface area contributed by atoms with Crippen LogP contribution in [0.5, 0.6) is 5.75 Å². The van der Waals surface area contributed by atoms with Crippen LogP contribution in [0, 0.1) is 0 Å². The van der Waals surface area contributed by atoms with Crippen molar-refractivity contribution in [2.45, 2.75) is 24.8 Å². The summed E-state index contributed by atoms with van der Waals surface area (Å²) in [5.74, 6) is 1.19. The summed E-state index contributed by atoms with van der Waals surface area (Å²) in [6.45, 7) is 4.02. The summed E-state index contributed by atoms with van der Waals surface area (Å²) in [6, 6.07) is 17.1. The molecular weight excluding hydrogens is 432 g/mol. The zero-order valence-electron chi connectivity index (χ0n) is 17.0. The van der Waals surface area contributed by atoms with E-state index in [1.807, 2.05) is 66.9 Å². The molecule has 0 atom stereocenters. The fraction of sp³-hybridized carbons (Fsp3) is 0.190. The number of carbonyl (C=O) groups excluding carboxylic acids is 1. The molecule has 4 rings (SSSR count). The van der Waals surface area contributed by atoms with Gasteiger partial charge in [-0.1, -0.05) is 42.1 Å². The van der Waals surface area contributed by atoms with Crippen molar-refractivity contribution in [3.05, 3.63) is 65.7 Å². The molecule has 0 unspecified atom stereocenters. The van der Waals surface area contributed by atoms with Gasteiger partial charge >= 0.3 is 0 Å². The maximum absolute atomic E-state index is 12.2. The van der Waals surface area contributed by atoms with Gasteiger partial charge < -0.3 is 4.74 Å². The van der Waals surface area contributed by atoms with Gasteiger partial charge in [-0.2, -0.15) is 4.68 Å². The van der Waals surface area contributed by atoms with Crippen LogP contribution in [0.15, 0.2) is 65.1 Å². The first-order chi connectivity index (χ1) is 15.2. The highest BCUT2D eigenvalue weighted by Gasteiger charge is 2.19. The smallest absolute Gasteiger partial charge is 0.230 e. The lowest BCUT2D eigenvalue weighted by atomic mass is 10.3. The Labute approximate surface area is 187 Å². The number of rotatable bonds is 8. The van der Waals surface area contributed by atoms with Crippen LogP contribution in [0.2, 0.25) is 0 Å². The highest BCUT2D eigenvalue weighted by molar-refractivity contribution is 7.98. The summed E-state index contributed by atoms with van der Waals surface area (Å²) >= 11 is 2.90. The van der Waals surface area contributed by atoms with Crippen molar-refractivity contribution in [3.8, 4) is 11.4 Å². The van der Waals surface area contributed by atoms with Gasteiger partial charge in [-0.3, -0.25) is 9.69 Å². The van der Waals surface area contributed by atoms with E-state index in [0.717, 1.165) is 22.8 Å². The molecule has 10 heteroatoms. The lowest BCUT2D eigenvalue weighted by molar-refractivity contribution is -0.115. The average molecular weight is 453 g/mol. The first-order valence-corrected chi connectivity index (χ1v) is 11.5. The van der Waals surface area contributed by atoms with Crippen LogP contribution in [-0.4, -0.2) is 37.7 Å². The van der Waals surface area contributed by atoms with Crippen molar-refractivity contribution in [1.29, 1.82) is 0 Å². The summed E-state index contributed by atoms with van der Waals surface area (Å²) in [4.78, 5) is 18.5. The third-order valence-electron chi connectivity index (χ3n) is 4.24. The van der Waals surface area contributed by atoms with E-state index in [1.165, 1.54) is 30.0 Å². The fourth-order valence-electron chi connectivity index (χ4n) is 2.94. The van der Waals surface area contributed by atoms with Gasteiger partial charge in [-0.05, 0) is 41.6 Å². The second-order valence-corrected chi connectivity index (χ2v) is 8.15. The standard InChI is InChI=1S/C21H20N6O2S2/c1-3-29-19-12-8-7-11-18(19)27-21(23-24-25-27)31-14-16-13-30-20(22-16)26(15(2)28)17-9-5-4-6-10-17/h4-13H,3,14H2,1-2H3. The van der Waals surface area contributed by atoms with Crippen LogP contribution in [0.4, 0.5) is 10.8 Å². The number of anilines is 2. The van der Waals surface area contributed by atoms with Crippen molar-refractivity contribution in [2.24, 2.45) is 0 Å². The number of amides is 1. The van der Waals surface area contributed by atoms with Gasteiger partial charge in [0.05, 0.1) is 18.0 Å². The normalized spacial score (nSPS) is 10.8. The summed E-state index contributed by atoms with van der Waals surface area (Å²) in [5, 5.41) is 15.3. The Balaban J connectivity index is 1.52. The zero-order valence-corrected chi connectivity index (χ0v) is 18.6. The van der Waals surface area contributed by atoms with Crippen molar-refractivity contribution >= 4 is 39.8 Å². The predicted molar refractivity (Wildman–Crippen MR) is 121 cm³/mol. The molecular formula is C21H20N6O2S2. The second kappa shape index (κ2) is 9.71. The van der Waals surface area contributed by atoms with E-state index in [-0.39, 0.29) is 5.91 Å². The number of aromatic nitrogens is 5. The maximum atomic E-state index is 12.2. The molecule has 0 bridgehead atoms. The minimum absolute atomic E-state index is 0.0868. The molecule has 0 aliphatic heterocycles. The molecule has 0 aliphatic rings. The zero-order chi connectivity index (χ0) is 21.6. The summed E-state index contributed by atoms with van der Waals surface area (Å²) in [6.07, 6.45) is 0. The Morgan fingerprint density at radius 3 is 2.71 bits per heavy atom. The van der Waals surface area contributed by atoms with Crippen LogP contribution in [0.25, 0.3) is 5.69 Å². The third-order valence-corrected chi connectivity index (χ3v) is 6.07. The highest BCUT2D eigenvalue weighted by atomic mass is 32.2. The molecule has 0 fully saturated rings. The predicted octanol–water partition coefficient (Wildman–Crippen LogP) is 4.49. The van der Waals surface area contributed by atoms with Gasteiger partial charge in [0.15, 0.2) is 5.13 Å². The Morgan fingerprint density at radius 1 is 1.16 bits per heavy atom. The molecule has 4 aromatic rings. The Hall–Kier alpha value is -3.24. The number of tetrazole rings is 1. The highest BCUT2D eigenvalue weighted by Crippen LogP contribution is 2.32. The minimum atomic E-state index is -0.0868. The Morgan fingerprint density at radius 2 is 1.94 bits per heavy atom. The number of para-hydroxylation sites is 3. The Bertz CT molecular complexity index is 1160. The van der Waals surface area contributed by atoms with E-state index in [0.29, 0.717) is 22.6 Å². The summed E-state index contributed by atoms with van der Waals surface area (Å²) < 4.78 is 7.36. The third kappa shape index (κ3) is 4.75. The number of nitrogens with zero attached hydrogens (tertiary/aromatic N) is 6. The molecule has 0 radical (unpaired) electrons. The number of hydrogen-bond donors (Lipinski definition) is 0. The van der Waals surface area contributed by atoms with E-state index >= 15 is 0 Å². The van der Waals surface area contributed by atoms with Gasteiger partial charge in [0, 0.05) is 18.1 Å². The minimum Gasteiger partial charge on any atom is -0.492 e. The summed E-state index contributed by atoms with van der Waals surface area (Å²) in [7, 11) is 0. The molecule has 1 amide bonds. The first-order valence-electron chi connectivity index (χ1n) is 9.61. The molecule has 0 N–H and O–H groups in total. The van der Waals surface area contributed by atoms with E-state index < -0.39 is 0 Å². The van der Waals surface area contributed by atoms with Crippen molar-refractivity contribution in [1.82, 2.24) is 25.2 Å². The maximum Gasteiger partial charge on any atom is 0.230 e. The van der Waals surface area contributed by atoms with Gasteiger partial charge in [-0.15, -0.1) is 16.4 Å². The molecule has 0 saturated heterocycles. The van der Waals surface area contributed by atoms with E-state index in [4.69, 9.17) is 4.74 Å². The topological polar surface area (TPSA) is 86.0 Å². The Kier molecular flexibility index (Phi) is 6.58.